The van der Waals surface area contributed by atoms with Gasteiger partial charge in [-0.2, -0.15) is 8.42 Å². The molecule has 0 aliphatic heterocycles. The second-order valence-electron chi connectivity index (χ2n) is 0.775. The second kappa shape index (κ2) is 4.78. The van der Waals surface area contributed by atoms with Crippen LogP contribution in [0.2, 0.25) is 0 Å². The van der Waals surface area contributed by atoms with E-state index in [0.717, 1.165) is 0 Å². The van der Waals surface area contributed by atoms with Crippen LogP contribution in [0.1, 0.15) is 0 Å². The van der Waals surface area contributed by atoms with Crippen LogP contribution in [-0.2, 0) is 21.6 Å². The Labute approximate surface area is 54.3 Å². The van der Waals surface area contributed by atoms with E-state index in [1.54, 1.807) is 0 Å². The van der Waals surface area contributed by atoms with Crippen molar-refractivity contribution in [3.05, 3.63) is 0 Å². The van der Waals surface area contributed by atoms with Gasteiger partial charge in [-0.05, 0) is 0 Å². The lowest BCUT2D eigenvalue weighted by Crippen LogP contribution is -2.08. The zero-order chi connectivity index (χ0) is 8.08. The van der Waals surface area contributed by atoms with Crippen LogP contribution in [-0.4, -0.2) is 21.7 Å². The van der Waals surface area contributed by atoms with Crippen LogP contribution >= 0.6 is 0 Å². The summed E-state index contributed by atoms with van der Waals surface area (Å²) in [6.45, 7) is 0. The van der Waals surface area contributed by atoms with Gasteiger partial charge in [0, 0.05) is 11.3 Å². The first-order valence-corrected chi connectivity index (χ1v) is 3.96. The van der Waals surface area contributed by atoms with Crippen molar-refractivity contribution in [3.63, 3.8) is 0 Å². The smallest absolute Gasteiger partial charge is 0.330 e. The van der Waals surface area contributed by atoms with Gasteiger partial charge in [0.15, 0.2) is 0 Å². The molecule has 5 N–H and O–H groups in total. The van der Waals surface area contributed by atoms with Crippen molar-refractivity contribution >= 4 is 21.6 Å². The zero-order valence-corrected chi connectivity index (χ0v) is 5.68. The Morgan fingerprint density at radius 3 is 1.56 bits per heavy atom. The van der Waals surface area contributed by atoms with E-state index in [2.05, 4.69) is 10.3 Å². The van der Waals surface area contributed by atoms with Crippen LogP contribution in [0.25, 0.3) is 0 Å². The molecule has 9 heavy (non-hydrogen) atoms. The zero-order valence-electron chi connectivity index (χ0n) is 4.05. The molecule has 0 fully saturated rings. The number of hydrogen-bond acceptors (Lipinski definition) is 4. The summed E-state index contributed by atoms with van der Waals surface area (Å²) in [6, 6.07) is 0. The predicted molar refractivity (Wildman–Crippen MR) is 28.8 cm³/mol. The fourth-order valence-electron chi connectivity index (χ4n) is 0. The highest BCUT2D eigenvalue weighted by Gasteiger charge is 1.81. The molecular formula is H5N2O5S2-. The summed E-state index contributed by atoms with van der Waals surface area (Å²) in [6.07, 6.45) is 0. The summed E-state index contributed by atoms with van der Waals surface area (Å²) in [7, 11) is -4.17. The summed E-state index contributed by atoms with van der Waals surface area (Å²) in [4.78, 5) is 0. The van der Waals surface area contributed by atoms with E-state index in [4.69, 9.17) is 21.7 Å². The lowest BCUT2D eigenvalue weighted by atomic mass is 13.9. The average molecular weight is 177 g/mol. The highest BCUT2D eigenvalue weighted by atomic mass is 32.2. The molecule has 58 valence electrons. The molecule has 0 saturated heterocycles. The van der Waals surface area contributed by atoms with Crippen molar-refractivity contribution in [2.45, 2.75) is 0 Å². The molecule has 0 aliphatic rings. The number of hydrogen-bond donors (Lipinski definition) is 3. The molecule has 9 heteroatoms. The molecule has 1 atom stereocenters. The molecule has 0 rings (SSSR count). The third kappa shape index (κ3) is 77800. The Bertz CT molecular complexity index is 155. The largest absolute Gasteiger partial charge is 0.760 e. The van der Waals surface area contributed by atoms with Crippen LogP contribution in [0.5, 0.6) is 0 Å². The Balaban J connectivity index is 0. The fraction of sp³-hybridized carbons (Fsp3) is 0. The molecule has 1 unspecified atom stereocenters. The van der Waals surface area contributed by atoms with Crippen LogP contribution in [0.4, 0.5) is 0 Å². The molecule has 0 bridgehead atoms. The highest BCUT2D eigenvalue weighted by molar-refractivity contribution is 7.83. The number of nitrogens with two attached hydrogens (primary N) is 2. The minimum absolute atomic E-state index is 2.36. The molecule has 0 radical (unpaired) electrons. The van der Waals surface area contributed by atoms with Gasteiger partial charge in [0.1, 0.15) is 0 Å². The second-order valence-corrected chi connectivity index (χ2v) is 2.33. The summed E-state index contributed by atoms with van der Waals surface area (Å²) in [5.41, 5.74) is 0. The first-order chi connectivity index (χ1) is 3.73. The first kappa shape index (κ1) is 11.7. The third-order valence-electron chi connectivity index (χ3n) is 0. The normalized spacial score (nSPS) is 13.3. The summed E-state index contributed by atoms with van der Waals surface area (Å²) >= 11 is -2.36. The maximum absolute atomic E-state index is 8.97. The minimum atomic E-state index is -4.17. The van der Waals surface area contributed by atoms with Crippen molar-refractivity contribution in [1.82, 2.24) is 0 Å². The molecule has 0 aromatic heterocycles. The van der Waals surface area contributed by atoms with E-state index in [-0.39, 0.29) is 0 Å². The molecule has 0 heterocycles. The van der Waals surface area contributed by atoms with Crippen LogP contribution in [0, 0.1) is 0 Å². The highest BCUT2D eigenvalue weighted by Crippen LogP contribution is 1.50. The topological polar surface area (TPSA) is 147 Å². The Kier molecular flexibility index (Phi) is 6.22. The van der Waals surface area contributed by atoms with Crippen LogP contribution in [0.3, 0.4) is 0 Å². The van der Waals surface area contributed by atoms with Gasteiger partial charge >= 0.3 is 10.3 Å². The van der Waals surface area contributed by atoms with E-state index >= 15 is 0 Å². The monoisotopic (exact) mass is 177 g/mol. The van der Waals surface area contributed by atoms with Crippen molar-refractivity contribution in [3.8, 4) is 0 Å². The minimum Gasteiger partial charge on any atom is -0.760 e. The summed E-state index contributed by atoms with van der Waals surface area (Å²) < 4.78 is 42.8. The van der Waals surface area contributed by atoms with Gasteiger partial charge in [0.05, 0.1) is 0 Å². The van der Waals surface area contributed by atoms with Gasteiger partial charge in [-0.3, -0.25) is 13.9 Å². The fourth-order valence-corrected chi connectivity index (χ4v) is 0. The maximum atomic E-state index is 8.97. The van der Waals surface area contributed by atoms with E-state index in [1.807, 2.05) is 0 Å². The van der Waals surface area contributed by atoms with Crippen molar-refractivity contribution < 1.29 is 21.7 Å². The predicted octanol–water partition coefficient (Wildman–Crippen LogP) is -2.51. The molecule has 0 saturated carbocycles. The summed E-state index contributed by atoms with van der Waals surface area (Å²) in [5.74, 6) is 0. The molecule has 0 aliphatic carbocycles. The quantitative estimate of drug-likeness (QED) is 0.276. The van der Waals surface area contributed by atoms with Crippen LogP contribution in [0.15, 0.2) is 0 Å². The van der Waals surface area contributed by atoms with E-state index in [1.165, 1.54) is 0 Å². The third-order valence-corrected chi connectivity index (χ3v) is 0. The first-order valence-electron chi connectivity index (χ1n) is 1.32. The van der Waals surface area contributed by atoms with Gasteiger partial charge < -0.3 is 4.55 Å². The number of rotatable bonds is 0. The standard InChI is InChI=1S/H3NO3S.H3NO2S/c1-5(2,3)4;1-4(2)3/h(H3,1,2,3,4);1H2,(H,2,3)/p-1. The Morgan fingerprint density at radius 2 is 1.56 bits per heavy atom. The SMILES string of the molecule is NS(=O)(=O)O.NS(=O)[O-]. The molecular weight excluding hydrogens is 172 g/mol. The molecule has 0 aromatic carbocycles. The van der Waals surface area contributed by atoms with Gasteiger partial charge in [-0.15, -0.1) is 0 Å². The molecule has 0 spiro atoms. The van der Waals surface area contributed by atoms with E-state index in [9.17, 15) is 0 Å². The van der Waals surface area contributed by atoms with Crippen LogP contribution < -0.4 is 10.3 Å². The van der Waals surface area contributed by atoms with Gasteiger partial charge in [0.25, 0.3) is 0 Å². The molecule has 0 amide bonds. The van der Waals surface area contributed by atoms with E-state index in [0.29, 0.717) is 0 Å². The average Bonchev–Trinajstić information content (AvgIpc) is 1.19. The van der Waals surface area contributed by atoms with Crippen molar-refractivity contribution in [2.24, 2.45) is 10.3 Å². The maximum Gasteiger partial charge on any atom is 0.330 e. The van der Waals surface area contributed by atoms with E-state index < -0.39 is 21.6 Å². The Hall–Kier alpha value is -0.0600. The van der Waals surface area contributed by atoms with Gasteiger partial charge in [-0.1, -0.05) is 0 Å². The van der Waals surface area contributed by atoms with Crippen molar-refractivity contribution in [2.75, 3.05) is 0 Å². The summed E-state index contributed by atoms with van der Waals surface area (Å²) in [5, 5.41) is 7.91. The van der Waals surface area contributed by atoms with Gasteiger partial charge in [-0.25, -0.2) is 5.14 Å². The van der Waals surface area contributed by atoms with Gasteiger partial charge in [0.2, 0.25) is 0 Å². The van der Waals surface area contributed by atoms with Crippen molar-refractivity contribution in [1.29, 1.82) is 0 Å². The lowest BCUT2D eigenvalue weighted by Gasteiger charge is -1.85. The molecule has 0 aromatic rings. The molecule has 7 nitrogen and oxygen atoms in total. The Morgan fingerprint density at radius 1 is 1.56 bits per heavy atom. The lowest BCUT2D eigenvalue weighted by molar-refractivity contribution is 0.485.